The highest BCUT2D eigenvalue weighted by Gasteiger charge is 2.29. The minimum atomic E-state index is -1.35. The molecule has 0 amide bonds. The van der Waals surface area contributed by atoms with Gasteiger partial charge >= 0.3 is 0 Å². The molecule has 0 heterocycles. The number of carbonyl (C=O) groups excluding carboxylic acids is 1. The van der Waals surface area contributed by atoms with E-state index in [2.05, 4.69) is 0 Å². The molecule has 0 radical (unpaired) electrons. The monoisotopic (exact) mass is 210 g/mol. The van der Waals surface area contributed by atoms with E-state index in [0.29, 0.717) is 0 Å². The summed E-state index contributed by atoms with van der Waals surface area (Å²) in [6, 6.07) is 0. The van der Waals surface area contributed by atoms with Gasteiger partial charge in [0.15, 0.2) is 9.58 Å². The van der Waals surface area contributed by atoms with Gasteiger partial charge in [0.1, 0.15) is 0 Å². The summed E-state index contributed by atoms with van der Waals surface area (Å²) in [5.74, 6) is -0.374. The quantitative estimate of drug-likeness (QED) is 0.563. The highest BCUT2D eigenvalue weighted by atomic mass is 35.6. The van der Waals surface area contributed by atoms with Crippen LogP contribution < -0.4 is 0 Å². The van der Waals surface area contributed by atoms with E-state index < -0.39 is 3.79 Å². The van der Waals surface area contributed by atoms with Crippen LogP contribution in [0.4, 0.5) is 0 Å². The molecule has 0 aliphatic heterocycles. The van der Waals surface area contributed by atoms with Crippen LogP contribution in [0.5, 0.6) is 0 Å². The first kappa shape index (κ1) is 9.11. The largest absolute Gasteiger partial charge is 0.290 e. The van der Waals surface area contributed by atoms with Crippen LogP contribution in [-0.4, -0.2) is 9.58 Å². The van der Waals surface area contributed by atoms with Gasteiger partial charge in [0.05, 0.1) is 0 Å². The Morgan fingerprint density at radius 2 is 1.64 bits per heavy atom. The van der Waals surface area contributed by atoms with E-state index >= 15 is 0 Å². The van der Waals surface area contributed by atoms with Crippen LogP contribution >= 0.6 is 34.8 Å². The topological polar surface area (TPSA) is 17.1 Å². The molecule has 0 N–H and O–H groups in total. The van der Waals surface area contributed by atoms with Crippen molar-refractivity contribution in [2.24, 2.45) is 5.92 Å². The number of ketones is 1. The first-order valence-electron chi connectivity index (χ1n) is 2.97. The van der Waals surface area contributed by atoms with E-state index in [4.69, 9.17) is 34.8 Å². The summed E-state index contributed by atoms with van der Waals surface area (Å²) in [7, 11) is 0. The van der Waals surface area contributed by atoms with Crippen LogP contribution in [0, 0.1) is 5.92 Å². The highest BCUT2D eigenvalue weighted by Crippen LogP contribution is 2.37. The lowest BCUT2D eigenvalue weighted by Crippen LogP contribution is -2.17. The summed E-state index contributed by atoms with van der Waals surface area (Å²) in [6.07, 6.45) is 5.95. The lowest BCUT2D eigenvalue weighted by Gasteiger charge is -2.18. The summed E-state index contributed by atoms with van der Waals surface area (Å²) >= 11 is 16.7. The van der Waals surface area contributed by atoms with Gasteiger partial charge in [-0.2, -0.15) is 0 Å². The Kier molecular flexibility index (Phi) is 2.63. The third-order valence-electron chi connectivity index (χ3n) is 1.31. The van der Waals surface area contributed by atoms with Gasteiger partial charge in [-0.05, 0) is 12.2 Å². The molecule has 4 heteroatoms. The van der Waals surface area contributed by atoms with Gasteiger partial charge in [-0.25, -0.2) is 0 Å². The maximum absolute atomic E-state index is 10.6. The minimum Gasteiger partial charge on any atom is -0.290 e. The SMILES string of the molecule is O=C1C=CC(C(Cl)(Cl)Cl)C=C1. The molecule has 0 bridgehead atoms. The molecule has 1 aliphatic rings. The maximum atomic E-state index is 10.6. The highest BCUT2D eigenvalue weighted by molar-refractivity contribution is 6.68. The first-order valence-corrected chi connectivity index (χ1v) is 4.10. The van der Waals surface area contributed by atoms with Crippen molar-refractivity contribution in [3.05, 3.63) is 24.3 Å². The van der Waals surface area contributed by atoms with Crippen LogP contribution in [0.1, 0.15) is 0 Å². The van der Waals surface area contributed by atoms with Crippen molar-refractivity contribution in [3.8, 4) is 0 Å². The van der Waals surface area contributed by atoms with Crippen molar-refractivity contribution >= 4 is 40.6 Å². The van der Waals surface area contributed by atoms with Gasteiger partial charge in [-0.15, -0.1) is 0 Å². The molecule has 0 saturated carbocycles. The molecular formula is C7H5Cl3O. The predicted octanol–water partition coefficient (Wildman–Crippen LogP) is 2.67. The Bertz CT molecular complexity index is 208. The van der Waals surface area contributed by atoms with E-state index in [0.717, 1.165) is 0 Å². The number of halogens is 3. The third kappa shape index (κ3) is 2.51. The van der Waals surface area contributed by atoms with E-state index in [1.54, 1.807) is 12.2 Å². The van der Waals surface area contributed by atoms with Gasteiger partial charge in [-0.3, -0.25) is 4.79 Å². The predicted molar refractivity (Wildman–Crippen MR) is 47.1 cm³/mol. The Morgan fingerprint density at radius 3 is 2.00 bits per heavy atom. The Balaban J connectivity index is 2.73. The Hall–Kier alpha value is 0.0200. The zero-order valence-electron chi connectivity index (χ0n) is 5.43. The van der Waals surface area contributed by atoms with Crippen molar-refractivity contribution in [3.63, 3.8) is 0 Å². The van der Waals surface area contributed by atoms with Crippen molar-refractivity contribution in [1.82, 2.24) is 0 Å². The Morgan fingerprint density at radius 1 is 1.18 bits per heavy atom. The van der Waals surface area contributed by atoms with Gasteiger partial charge in [0, 0.05) is 5.92 Å². The standard InChI is InChI=1S/C7H5Cl3O/c8-7(9,10)5-1-3-6(11)4-2-5/h1-5H. The van der Waals surface area contributed by atoms with Gasteiger partial charge in [0.25, 0.3) is 0 Å². The second kappa shape index (κ2) is 3.18. The second-order valence-corrected chi connectivity index (χ2v) is 4.56. The van der Waals surface area contributed by atoms with Gasteiger partial charge in [-0.1, -0.05) is 47.0 Å². The van der Waals surface area contributed by atoms with Crippen molar-refractivity contribution in [2.45, 2.75) is 3.79 Å². The summed E-state index contributed by atoms with van der Waals surface area (Å²) in [5.41, 5.74) is 0. The smallest absolute Gasteiger partial charge is 0.200 e. The Labute approximate surface area is 79.6 Å². The number of hydrogen-bond acceptors (Lipinski definition) is 1. The molecule has 11 heavy (non-hydrogen) atoms. The molecule has 0 atom stereocenters. The summed E-state index contributed by atoms with van der Waals surface area (Å²) < 4.78 is -1.35. The van der Waals surface area contributed by atoms with Crippen molar-refractivity contribution in [2.75, 3.05) is 0 Å². The first-order chi connectivity index (χ1) is 5.00. The fraction of sp³-hybridized carbons (Fsp3) is 0.286. The zero-order chi connectivity index (χ0) is 8.48. The number of hydrogen-bond donors (Lipinski definition) is 0. The summed E-state index contributed by atoms with van der Waals surface area (Å²) in [4.78, 5) is 10.6. The van der Waals surface area contributed by atoms with E-state index in [-0.39, 0.29) is 11.7 Å². The second-order valence-electron chi connectivity index (χ2n) is 2.19. The third-order valence-corrected chi connectivity index (χ3v) is 2.07. The summed E-state index contributed by atoms with van der Waals surface area (Å²) in [6.45, 7) is 0. The van der Waals surface area contributed by atoms with Crippen LogP contribution in [0.25, 0.3) is 0 Å². The van der Waals surface area contributed by atoms with Crippen molar-refractivity contribution in [1.29, 1.82) is 0 Å². The molecule has 0 aromatic heterocycles. The molecule has 0 unspecified atom stereocenters. The van der Waals surface area contributed by atoms with Gasteiger partial charge < -0.3 is 0 Å². The average Bonchev–Trinajstić information content (AvgIpc) is 1.86. The maximum Gasteiger partial charge on any atom is 0.200 e. The van der Waals surface area contributed by atoms with E-state index in [9.17, 15) is 4.79 Å². The van der Waals surface area contributed by atoms with Gasteiger partial charge in [0.2, 0.25) is 0 Å². The molecule has 0 aromatic carbocycles. The number of rotatable bonds is 0. The molecule has 1 aliphatic carbocycles. The number of carbonyl (C=O) groups is 1. The van der Waals surface area contributed by atoms with Crippen LogP contribution in [-0.2, 0) is 4.79 Å². The molecule has 0 fully saturated rings. The minimum absolute atomic E-state index is 0.0736. The number of alkyl halides is 3. The molecule has 0 spiro atoms. The molecule has 1 nitrogen and oxygen atoms in total. The number of allylic oxidation sites excluding steroid dienone is 4. The molecular weight excluding hydrogens is 206 g/mol. The van der Waals surface area contributed by atoms with Crippen molar-refractivity contribution < 1.29 is 4.79 Å². The fourth-order valence-corrected chi connectivity index (χ4v) is 1.17. The fourth-order valence-electron chi connectivity index (χ4n) is 0.735. The lowest BCUT2D eigenvalue weighted by atomic mass is 10.0. The van der Waals surface area contributed by atoms with Crippen LogP contribution in [0.3, 0.4) is 0 Å². The normalized spacial score (nSPS) is 19.4. The molecule has 0 aromatic rings. The zero-order valence-corrected chi connectivity index (χ0v) is 7.70. The lowest BCUT2D eigenvalue weighted by molar-refractivity contribution is -0.110. The average molecular weight is 211 g/mol. The summed E-state index contributed by atoms with van der Waals surface area (Å²) in [5, 5.41) is 0. The van der Waals surface area contributed by atoms with Crippen LogP contribution in [0.15, 0.2) is 24.3 Å². The molecule has 1 rings (SSSR count). The van der Waals surface area contributed by atoms with E-state index in [1.165, 1.54) is 12.2 Å². The van der Waals surface area contributed by atoms with Crippen LogP contribution in [0.2, 0.25) is 0 Å². The van der Waals surface area contributed by atoms with E-state index in [1.807, 2.05) is 0 Å². The molecule has 0 saturated heterocycles. The molecule has 60 valence electrons.